The molecular weight excluding hydrogens is 268 g/mol. The Morgan fingerprint density at radius 3 is 2.58 bits per heavy atom. The monoisotopic (exact) mass is 286 g/mol. The highest BCUT2D eigenvalue weighted by atomic mass is 32.2. The van der Waals surface area contributed by atoms with Crippen LogP contribution in [0.5, 0.6) is 0 Å². The lowest BCUT2D eigenvalue weighted by atomic mass is 10.3. The average molecular weight is 286 g/mol. The minimum Gasteiger partial charge on any atom is -0.398 e. The highest BCUT2D eigenvalue weighted by molar-refractivity contribution is 7.89. The van der Waals surface area contributed by atoms with Crippen LogP contribution in [0.3, 0.4) is 0 Å². The number of amides is 1. The van der Waals surface area contributed by atoms with E-state index in [2.05, 4.69) is 15.4 Å². The van der Waals surface area contributed by atoms with Crippen LogP contribution in [0.2, 0.25) is 0 Å². The third-order valence-electron chi connectivity index (χ3n) is 2.40. The molecule has 0 fully saturated rings. The Labute approximate surface area is 112 Å². The van der Waals surface area contributed by atoms with E-state index in [0.29, 0.717) is 12.2 Å². The van der Waals surface area contributed by atoms with E-state index in [1.807, 2.05) is 6.92 Å². The lowest BCUT2D eigenvalue weighted by Gasteiger charge is -2.10. The van der Waals surface area contributed by atoms with Gasteiger partial charge < -0.3 is 16.4 Å². The largest absolute Gasteiger partial charge is 0.398 e. The summed E-state index contributed by atoms with van der Waals surface area (Å²) < 4.78 is 25.4. The summed E-state index contributed by atoms with van der Waals surface area (Å²) in [5, 5.41) is 5.50. The summed E-state index contributed by atoms with van der Waals surface area (Å²) in [7, 11) is -2.25. The van der Waals surface area contributed by atoms with Gasteiger partial charge in [0.25, 0.3) is 0 Å². The molecule has 1 amide bonds. The molecule has 7 nitrogen and oxygen atoms in total. The first kappa shape index (κ1) is 15.3. The molecular formula is C11H18N4O3S. The Bertz CT molecular complexity index is 557. The summed E-state index contributed by atoms with van der Waals surface area (Å²) in [6.45, 7) is 2.49. The average Bonchev–Trinajstić information content (AvgIpc) is 2.36. The molecule has 0 radical (unpaired) electrons. The van der Waals surface area contributed by atoms with Gasteiger partial charge >= 0.3 is 0 Å². The summed E-state index contributed by atoms with van der Waals surface area (Å²) in [6, 6.07) is 4.42. The Balaban J connectivity index is 2.81. The van der Waals surface area contributed by atoms with Crippen molar-refractivity contribution in [1.29, 1.82) is 0 Å². The normalized spacial score (nSPS) is 11.1. The van der Waals surface area contributed by atoms with Crippen molar-refractivity contribution in [3.63, 3.8) is 0 Å². The summed E-state index contributed by atoms with van der Waals surface area (Å²) >= 11 is 0. The van der Waals surface area contributed by atoms with Crippen LogP contribution in [0.25, 0.3) is 0 Å². The molecule has 1 aromatic carbocycles. The number of hydrogen-bond donors (Lipinski definition) is 4. The van der Waals surface area contributed by atoms with E-state index in [1.165, 1.54) is 19.2 Å². The molecule has 1 aromatic rings. The number of carbonyl (C=O) groups is 1. The SMILES string of the molecule is CCNC(=O)CNc1ccc(S(=O)(=O)NC)c(N)c1. The Morgan fingerprint density at radius 2 is 2.05 bits per heavy atom. The Morgan fingerprint density at radius 1 is 1.37 bits per heavy atom. The van der Waals surface area contributed by atoms with E-state index in [-0.39, 0.29) is 23.0 Å². The Hall–Kier alpha value is -1.80. The van der Waals surface area contributed by atoms with Gasteiger partial charge in [0.1, 0.15) is 4.90 Å². The minimum atomic E-state index is -3.57. The number of nitrogen functional groups attached to an aromatic ring is 1. The molecule has 0 aliphatic carbocycles. The molecule has 1 rings (SSSR count). The first-order valence-electron chi connectivity index (χ1n) is 5.74. The van der Waals surface area contributed by atoms with E-state index in [0.717, 1.165) is 0 Å². The second-order valence-corrected chi connectivity index (χ2v) is 5.62. The van der Waals surface area contributed by atoms with Crippen molar-refractivity contribution in [3.8, 4) is 0 Å². The predicted octanol–water partition coefficient (Wildman–Crippen LogP) is -0.275. The molecule has 0 heterocycles. The van der Waals surface area contributed by atoms with Crippen LogP contribution in [-0.2, 0) is 14.8 Å². The maximum Gasteiger partial charge on any atom is 0.242 e. The maximum atomic E-state index is 11.6. The van der Waals surface area contributed by atoms with Gasteiger partial charge in [-0.3, -0.25) is 4.79 Å². The molecule has 8 heteroatoms. The molecule has 0 atom stereocenters. The van der Waals surface area contributed by atoms with E-state index >= 15 is 0 Å². The van der Waals surface area contributed by atoms with E-state index < -0.39 is 10.0 Å². The van der Waals surface area contributed by atoms with Crippen LogP contribution in [0.1, 0.15) is 6.92 Å². The van der Waals surface area contributed by atoms with Crippen LogP contribution < -0.4 is 21.1 Å². The number of benzene rings is 1. The lowest BCUT2D eigenvalue weighted by molar-refractivity contribution is -0.119. The number of sulfonamides is 1. The first-order valence-corrected chi connectivity index (χ1v) is 7.22. The van der Waals surface area contributed by atoms with Gasteiger partial charge in [0.05, 0.1) is 12.2 Å². The number of carbonyl (C=O) groups excluding carboxylic acids is 1. The van der Waals surface area contributed by atoms with E-state index in [9.17, 15) is 13.2 Å². The fourth-order valence-corrected chi connectivity index (χ4v) is 2.29. The second-order valence-electron chi connectivity index (χ2n) is 3.77. The van der Waals surface area contributed by atoms with Gasteiger partial charge in [-0.2, -0.15) is 0 Å². The summed E-state index contributed by atoms with van der Waals surface area (Å²) in [5.41, 5.74) is 6.39. The molecule has 5 N–H and O–H groups in total. The second kappa shape index (κ2) is 6.39. The van der Waals surface area contributed by atoms with Crippen molar-refractivity contribution in [2.75, 3.05) is 31.2 Å². The van der Waals surface area contributed by atoms with Gasteiger partial charge in [0.15, 0.2) is 0 Å². The van der Waals surface area contributed by atoms with Crippen molar-refractivity contribution in [2.24, 2.45) is 0 Å². The van der Waals surface area contributed by atoms with Crippen LogP contribution >= 0.6 is 0 Å². The number of hydrogen-bond acceptors (Lipinski definition) is 5. The molecule has 106 valence electrons. The van der Waals surface area contributed by atoms with Gasteiger partial charge in [-0.1, -0.05) is 0 Å². The highest BCUT2D eigenvalue weighted by Gasteiger charge is 2.15. The molecule has 0 aromatic heterocycles. The number of nitrogens with one attached hydrogen (secondary N) is 3. The smallest absolute Gasteiger partial charge is 0.242 e. The standard InChI is InChI=1S/C11H18N4O3S/c1-3-14-11(16)7-15-8-4-5-10(9(12)6-8)19(17,18)13-2/h4-6,13,15H,3,7,12H2,1-2H3,(H,14,16). The third kappa shape index (κ3) is 4.11. The van der Waals surface area contributed by atoms with Gasteiger partial charge in [-0.05, 0) is 32.2 Å². The predicted molar refractivity (Wildman–Crippen MR) is 74.3 cm³/mol. The zero-order chi connectivity index (χ0) is 14.5. The van der Waals surface area contributed by atoms with Gasteiger partial charge in [-0.25, -0.2) is 13.1 Å². The highest BCUT2D eigenvalue weighted by Crippen LogP contribution is 2.21. The number of anilines is 2. The lowest BCUT2D eigenvalue weighted by Crippen LogP contribution is -2.29. The third-order valence-corrected chi connectivity index (χ3v) is 3.88. The number of rotatable bonds is 6. The fraction of sp³-hybridized carbons (Fsp3) is 0.364. The van der Waals surface area contributed by atoms with Gasteiger partial charge in [0, 0.05) is 12.2 Å². The van der Waals surface area contributed by atoms with Gasteiger partial charge in [0.2, 0.25) is 15.9 Å². The molecule has 0 saturated carbocycles. The van der Waals surface area contributed by atoms with Crippen molar-refractivity contribution >= 4 is 27.3 Å². The summed E-state index contributed by atoms with van der Waals surface area (Å²) in [4.78, 5) is 11.3. The topological polar surface area (TPSA) is 113 Å². The van der Waals surface area contributed by atoms with Crippen molar-refractivity contribution < 1.29 is 13.2 Å². The van der Waals surface area contributed by atoms with E-state index in [4.69, 9.17) is 5.73 Å². The number of nitrogens with two attached hydrogens (primary N) is 1. The molecule has 0 aliphatic rings. The van der Waals surface area contributed by atoms with Crippen molar-refractivity contribution in [2.45, 2.75) is 11.8 Å². The van der Waals surface area contributed by atoms with Crippen molar-refractivity contribution in [3.05, 3.63) is 18.2 Å². The summed E-state index contributed by atoms with van der Waals surface area (Å²) in [5.74, 6) is -0.145. The molecule has 0 spiro atoms. The molecule has 19 heavy (non-hydrogen) atoms. The van der Waals surface area contributed by atoms with Crippen LogP contribution in [0.4, 0.5) is 11.4 Å². The van der Waals surface area contributed by atoms with Gasteiger partial charge in [-0.15, -0.1) is 0 Å². The van der Waals surface area contributed by atoms with E-state index in [1.54, 1.807) is 6.07 Å². The van der Waals surface area contributed by atoms with Crippen molar-refractivity contribution in [1.82, 2.24) is 10.0 Å². The molecule has 0 bridgehead atoms. The molecule has 0 aliphatic heterocycles. The van der Waals surface area contributed by atoms with Crippen LogP contribution in [0, 0.1) is 0 Å². The zero-order valence-corrected chi connectivity index (χ0v) is 11.7. The molecule has 0 unspecified atom stereocenters. The van der Waals surface area contributed by atoms with Crippen LogP contribution in [-0.4, -0.2) is 34.5 Å². The minimum absolute atomic E-state index is 0.0126. The quantitative estimate of drug-likeness (QED) is 0.537. The van der Waals surface area contributed by atoms with Crippen LogP contribution in [0.15, 0.2) is 23.1 Å². The Kier molecular flexibility index (Phi) is 5.13. The first-order chi connectivity index (χ1) is 8.90. The zero-order valence-electron chi connectivity index (χ0n) is 10.9. The molecule has 0 saturated heterocycles. The summed E-state index contributed by atoms with van der Waals surface area (Å²) in [6.07, 6.45) is 0. The maximum absolute atomic E-state index is 11.6. The number of likely N-dealkylation sites (N-methyl/N-ethyl adjacent to an activating group) is 1. The fourth-order valence-electron chi connectivity index (χ4n) is 1.46.